The van der Waals surface area contributed by atoms with Crippen molar-refractivity contribution in [1.29, 1.82) is 0 Å². The first-order valence-corrected chi connectivity index (χ1v) is 13.2. The molecule has 2 aliphatic rings. The summed E-state index contributed by atoms with van der Waals surface area (Å²) in [5, 5.41) is 12.3. The van der Waals surface area contributed by atoms with Crippen LogP contribution in [0.25, 0.3) is 11.1 Å². The van der Waals surface area contributed by atoms with E-state index in [9.17, 15) is 14.3 Å². The zero-order valence-corrected chi connectivity index (χ0v) is 21.7. The van der Waals surface area contributed by atoms with Crippen LogP contribution in [0.3, 0.4) is 0 Å². The van der Waals surface area contributed by atoms with Gasteiger partial charge in [-0.3, -0.25) is 4.79 Å². The minimum atomic E-state index is -1.58. The Balaban J connectivity index is 1.70. The van der Waals surface area contributed by atoms with Gasteiger partial charge in [-0.25, -0.2) is 8.78 Å². The van der Waals surface area contributed by atoms with Gasteiger partial charge in [-0.05, 0) is 80.3 Å². The number of nitrogens with two attached hydrogens (primary N) is 1. The van der Waals surface area contributed by atoms with Gasteiger partial charge < -0.3 is 25.2 Å². The van der Waals surface area contributed by atoms with E-state index < -0.39 is 17.5 Å². The van der Waals surface area contributed by atoms with Gasteiger partial charge in [0.15, 0.2) is 0 Å². The van der Waals surface area contributed by atoms with E-state index in [1.165, 1.54) is 18.2 Å². The molecule has 2 aromatic carbocycles. The maximum absolute atomic E-state index is 15.4. The van der Waals surface area contributed by atoms with Gasteiger partial charge in [-0.15, -0.1) is 0 Å². The summed E-state index contributed by atoms with van der Waals surface area (Å²) in [6.07, 6.45) is 3.10. The van der Waals surface area contributed by atoms with Crippen molar-refractivity contribution in [3.05, 3.63) is 59.2 Å². The minimum absolute atomic E-state index is 0.0385. The zero-order valence-electron chi connectivity index (χ0n) is 21.7. The molecule has 2 fully saturated rings. The Hall–Kier alpha value is -2.39. The molecule has 202 valence electrons. The average Bonchev–Trinajstić information content (AvgIpc) is 3.34. The van der Waals surface area contributed by atoms with Crippen molar-refractivity contribution in [2.45, 2.75) is 63.2 Å². The molecule has 0 unspecified atom stereocenters. The fraction of sp³-hybridized carbons (Fsp3) is 0.552. The normalized spacial score (nSPS) is 23.7. The van der Waals surface area contributed by atoms with E-state index in [4.69, 9.17) is 15.2 Å². The highest BCUT2D eigenvalue weighted by Gasteiger charge is 2.45. The summed E-state index contributed by atoms with van der Waals surface area (Å²) in [5.74, 6) is -0.970. The van der Waals surface area contributed by atoms with E-state index in [2.05, 4.69) is 0 Å². The number of aryl methyl sites for hydroxylation is 1. The molecule has 3 N–H and O–H groups in total. The van der Waals surface area contributed by atoms with Crippen LogP contribution >= 0.6 is 0 Å². The third kappa shape index (κ3) is 6.03. The Kier molecular flexibility index (Phi) is 8.95. The number of morpholine rings is 1. The number of carbonyl (C=O) groups is 1. The Bertz CT molecular complexity index is 1100. The van der Waals surface area contributed by atoms with Crippen molar-refractivity contribution in [2.75, 3.05) is 33.4 Å². The number of halogens is 2. The summed E-state index contributed by atoms with van der Waals surface area (Å²) >= 11 is 0. The van der Waals surface area contributed by atoms with Gasteiger partial charge in [-0.2, -0.15) is 0 Å². The van der Waals surface area contributed by atoms with E-state index in [-0.39, 0.29) is 48.8 Å². The third-order valence-electron chi connectivity index (χ3n) is 7.82. The van der Waals surface area contributed by atoms with E-state index in [1.807, 2.05) is 0 Å². The second-order valence-corrected chi connectivity index (χ2v) is 10.4. The standard InChI is InChI=1S/C29H38F2N2O4/c1-19-16-20(9-11-24(19)30)27-23(6-5-7-25(27)31)29(35,12-3-4-14-36-2)26-18-33(13-15-37-26)28(34)21-8-10-22(32)17-21/h5-7,9,11,16,21-22,26,35H,3-4,8,10,12-15,17-18,32H2,1-2H3/t21-,22+,26-,29+/m1/s1. The molecule has 2 aromatic rings. The molecule has 4 rings (SSSR count). The van der Waals surface area contributed by atoms with Crippen LogP contribution in [0, 0.1) is 24.5 Å². The maximum atomic E-state index is 15.4. The lowest BCUT2D eigenvalue weighted by Crippen LogP contribution is -2.55. The summed E-state index contributed by atoms with van der Waals surface area (Å²) in [4.78, 5) is 15.0. The molecule has 1 heterocycles. The van der Waals surface area contributed by atoms with Crippen LogP contribution in [0.5, 0.6) is 0 Å². The number of methoxy groups -OCH3 is 1. The van der Waals surface area contributed by atoms with E-state index in [1.54, 1.807) is 37.1 Å². The van der Waals surface area contributed by atoms with Crippen molar-refractivity contribution < 1.29 is 28.2 Å². The monoisotopic (exact) mass is 516 g/mol. The van der Waals surface area contributed by atoms with Gasteiger partial charge in [0.1, 0.15) is 23.3 Å². The first kappa shape index (κ1) is 27.6. The van der Waals surface area contributed by atoms with Crippen LogP contribution in [0.15, 0.2) is 36.4 Å². The Labute approximate surface area is 217 Å². The Morgan fingerprint density at radius 3 is 2.73 bits per heavy atom. The van der Waals surface area contributed by atoms with Crippen molar-refractivity contribution in [3.63, 3.8) is 0 Å². The summed E-state index contributed by atoms with van der Waals surface area (Å²) in [5.41, 5.74) is 5.91. The zero-order chi connectivity index (χ0) is 26.6. The molecule has 0 aromatic heterocycles. The SMILES string of the molecule is COCCCC[C@](O)(c1cccc(F)c1-c1ccc(F)c(C)c1)[C@H]1CN(C(=O)[C@@H]2CC[C@H](N)C2)CCO1. The van der Waals surface area contributed by atoms with Crippen LogP contribution in [0.2, 0.25) is 0 Å². The highest BCUT2D eigenvalue weighted by Crippen LogP contribution is 2.41. The van der Waals surface area contributed by atoms with Gasteiger partial charge in [0.2, 0.25) is 5.91 Å². The van der Waals surface area contributed by atoms with Gasteiger partial charge >= 0.3 is 0 Å². The smallest absolute Gasteiger partial charge is 0.225 e. The molecule has 1 aliphatic heterocycles. The largest absolute Gasteiger partial charge is 0.385 e. The van der Waals surface area contributed by atoms with Gasteiger partial charge in [-0.1, -0.05) is 18.2 Å². The molecule has 0 spiro atoms. The lowest BCUT2D eigenvalue weighted by atomic mass is 9.78. The highest BCUT2D eigenvalue weighted by molar-refractivity contribution is 5.79. The first-order chi connectivity index (χ1) is 17.7. The van der Waals surface area contributed by atoms with Crippen LogP contribution < -0.4 is 5.73 Å². The number of rotatable bonds is 9. The van der Waals surface area contributed by atoms with Crippen molar-refractivity contribution in [2.24, 2.45) is 11.7 Å². The third-order valence-corrected chi connectivity index (χ3v) is 7.82. The van der Waals surface area contributed by atoms with Crippen LogP contribution in [-0.4, -0.2) is 61.5 Å². The predicted molar refractivity (Wildman–Crippen MR) is 138 cm³/mol. The quantitative estimate of drug-likeness (QED) is 0.486. The van der Waals surface area contributed by atoms with E-state index in [0.29, 0.717) is 49.1 Å². The van der Waals surface area contributed by atoms with Gasteiger partial charge in [0.05, 0.1) is 13.2 Å². The van der Waals surface area contributed by atoms with Crippen LogP contribution in [0.4, 0.5) is 8.78 Å². The number of ether oxygens (including phenoxy) is 2. The van der Waals surface area contributed by atoms with Crippen molar-refractivity contribution >= 4 is 5.91 Å². The molecule has 6 nitrogen and oxygen atoms in total. The number of hydrogen-bond donors (Lipinski definition) is 2. The summed E-state index contributed by atoms with van der Waals surface area (Å²) < 4.78 is 40.7. The number of benzene rings is 2. The molecular weight excluding hydrogens is 478 g/mol. The second-order valence-electron chi connectivity index (χ2n) is 10.4. The molecule has 0 radical (unpaired) electrons. The van der Waals surface area contributed by atoms with Gasteiger partial charge in [0, 0.05) is 37.8 Å². The molecule has 1 saturated heterocycles. The summed E-state index contributed by atoms with van der Waals surface area (Å²) in [6.45, 7) is 3.06. The topological polar surface area (TPSA) is 85.0 Å². The molecule has 8 heteroatoms. The van der Waals surface area contributed by atoms with Crippen LogP contribution in [0.1, 0.15) is 49.7 Å². The molecule has 4 atom stereocenters. The highest BCUT2D eigenvalue weighted by atomic mass is 19.1. The minimum Gasteiger partial charge on any atom is -0.385 e. The van der Waals surface area contributed by atoms with Gasteiger partial charge in [0.25, 0.3) is 0 Å². The summed E-state index contributed by atoms with van der Waals surface area (Å²) in [6, 6.07) is 9.06. The predicted octanol–water partition coefficient (Wildman–Crippen LogP) is 4.30. The number of carbonyl (C=O) groups excluding carboxylic acids is 1. The molecule has 37 heavy (non-hydrogen) atoms. The summed E-state index contributed by atoms with van der Waals surface area (Å²) in [7, 11) is 1.62. The number of aliphatic hydroxyl groups is 1. The molecule has 1 saturated carbocycles. The molecule has 0 bridgehead atoms. The van der Waals surface area contributed by atoms with E-state index >= 15 is 4.39 Å². The lowest BCUT2D eigenvalue weighted by molar-refractivity contribution is -0.167. The van der Waals surface area contributed by atoms with Crippen molar-refractivity contribution in [3.8, 4) is 11.1 Å². The van der Waals surface area contributed by atoms with Crippen molar-refractivity contribution in [1.82, 2.24) is 4.90 Å². The van der Waals surface area contributed by atoms with Crippen LogP contribution in [-0.2, 0) is 19.9 Å². The first-order valence-electron chi connectivity index (χ1n) is 13.2. The number of nitrogens with zero attached hydrogens (tertiary/aromatic N) is 1. The van der Waals surface area contributed by atoms with E-state index in [0.717, 1.165) is 12.8 Å². The fourth-order valence-electron chi connectivity index (χ4n) is 5.73. The molecular formula is C29H38F2N2O4. The molecule has 1 aliphatic carbocycles. The maximum Gasteiger partial charge on any atom is 0.225 e. The average molecular weight is 517 g/mol. The molecule has 1 amide bonds. The fourth-order valence-corrected chi connectivity index (χ4v) is 5.73. The number of amides is 1. The Morgan fingerprint density at radius 2 is 2.03 bits per heavy atom. The number of hydrogen-bond acceptors (Lipinski definition) is 5. The second kappa shape index (κ2) is 12.0. The Morgan fingerprint density at radius 1 is 1.22 bits per heavy atom. The number of unbranched alkanes of at least 4 members (excludes halogenated alkanes) is 1. The lowest BCUT2D eigenvalue weighted by Gasteiger charge is -2.43.